The zero-order valence-electron chi connectivity index (χ0n) is 11.4. The van der Waals surface area contributed by atoms with Gasteiger partial charge >= 0.3 is 0 Å². The molecule has 1 saturated heterocycles. The van der Waals surface area contributed by atoms with Crippen LogP contribution in [0.1, 0.15) is 23.7 Å². The summed E-state index contributed by atoms with van der Waals surface area (Å²) in [5.41, 5.74) is 7.87. The van der Waals surface area contributed by atoms with Gasteiger partial charge < -0.3 is 5.73 Å². The molecule has 2 N–H and O–H groups in total. The number of nitrogens with zero attached hydrogens (tertiary/aromatic N) is 2. The van der Waals surface area contributed by atoms with Crippen molar-refractivity contribution in [3.05, 3.63) is 29.6 Å². The second kappa shape index (κ2) is 5.56. The summed E-state index contributed by atoms with van der Waals surface area (Å²) in [4.78, 5) is 6.37. The van der Waals surface area contributed by atoms with Crippen molar-refractivity contribution >= 4 is 9.84 Å². The van der Waals surface area contributed by atoms with Crippen molar-refractivity contribution in [1.29, 1.82) is 0 Å². The summed E-state index contributed by atoms with van der Waals surface area (Å²) in [6, 6.07) is 4.04. The summed E-state index contributed by atoms with van der Waals surface area (Å²) in [7, 11) is -0.922. The summed E-state index contributed by atoms with van der Waals surface area (Å²) in [5.74, 6) is 0.519. The molecule has 0 aromatic carbocycles. The van der Waals surface area contributed by atoms with E-state index >= 15 is 0 Å². The Bertz CT molecular complexity index is 527. The van der Waals surface area contributed by atoms with Crippen molar-refractivity contribution in [2.75, 3.05) is 25.1 Å². The molecule has 0 aliphatic carbocycles. The molecule has 0 saturated carbocycles. The zero-order valence-corrected chi connectivity index (χ0v) is 12.2. The van der Waals surface area contributed by atoms with Crippen LogP contribution in [0.4, 0.5) is 0 Å². The molecule has 106 valence electrons. The van der Waals surface area contributed by atoms with Crippen LogP contribution >= 0.6 is 0 Å². The van der Waals surface area contributed by atoms with Gasteiger partial charge in [-0.25, -0.2) is 8.42 Å². The van der Waals surface area contributed by atoms with Gasteiger partial charge in [0.1, 0.15) is 0 Å². The summed E-state index contributed by atoms with van der Waals surface area (Å²) in [6.07, 6.45) is 2.52. The van der Waals surface area contributed by atoms with Crippen molar-refractivity contribution < 1.29 is 8.42 Å². The lowest BCUT2D eigenvalue weighted by Crippen LogP contribution is -2.39. The van der Waals surface area contributed by atoms with E-state index in [9.17, 15) is 8.42 Å². The van der Waals surface area contributed by atoms with Crippen LogP contribution in [0.2, 0.25) is 0 Å². The molecule has 2 rings (SSSR count). The minimum Gasteiger partial charge on any atom is -0.329 e. The van der Waals surface area contributed by atoms with Crippen LogP contribution in [0.15, 0.2) is 18.3 Å². The normalized spacial score (nSPS) is 23.7. The molecule has 0 bridgehead atoms. The molecule has 0 radical (unpaired) electrons. The Morgan fingerprint density at radius 2 is 2.26 bits per heavy atom. The zero-order chi connectivity index (χ0) is 14.0. The quantitative estimate of drug-likeness (QED) is 0.871. The van der Waals surface area contributed by atoms with E-state index in [0.29, 0.717) is 13.0 Å². The molecule has 0 amide bonds. The molecule has 5 nitrogen and oxygen atoms in total. The number of pyridine rings is 1. The number of nitrogens with two attached hydrogens (primary N) is 1. The van der Waals surface area contributed by atoms with Crippen LogP contribution < -0.4 is 5.73 Å². The van der Waals surface area contributed by atoms with Crippen LogP contribution in [0, 0.1) is 6.92 Å². The smallest absolute Gasteiger partial charge is 0.151 e. The summed E-state index contributed by atoms with van der Waals surface area (Å²) >= 11 is 0. The average molecular weight is 283 g/mol. The topological polar surface area (TPSA) is 76.3 Å². The standard InChI is InChI=1S/C13H21N3O2S/c1-10-3-4-11(8-15-10)13(7-14)16(2)12-5-6-19(17,18)9-12/h3-4,8,12-13H,5-7,9,14H2,1-2H3. The second-order valence-corrected chi connectivity index (χ2v) is 7.44. The lowest BCUT2D eigenvalue weighted by Gasteiger charge is -2.31. The summed E-state index contributed by atoms with van der Waals surface area (Å²) in [5, 5.41) is 0. The second-order valence-electron chi connectivity index (χ2n) is 5.21. The molecule has 1 aliphatic rings. The van der Waals surface area contributed by atoms with Gasteiger partial charge in [0, 0.05) is 30.5 Å². The first kappa shape index (κ1) is 14.4. The predicted molar refractivity (Wildman–Crippen MR) is 75.6 cm³/mol. The molecule has 19 heavy (non-hydrogen) atoms. The Hall–Kier alpha value is -0.980. The highest BCUT2D eigenvalue weighted by molar-refractivity contribution is 7.91. The molecule has 1 aromatic rings. The van der Waals surface area contributed by atoms with E-state index in [-0.39, 0.29) is 23.6 Å². The average Bonchev–Trinajstić information content (AvgIpc) is 2.73. The van der Waals surface area contributed by atoms with Crippen molar-refractivity contribution in [3.8, 4) is 0 Å². The highest BCUT2D eigenvalue weighted by Crippen LogP contribution is 2.25. The van der Waals surface area contributed by atoms with Crippen LogP contribution in [-0.4, -0.2) is 49.4 Å². The number of rotatable bonds is 4. The number of aryl methyl sites for hydroxylation is 1. The Kier molecular flexibility index (Phi) is 4.23. The van der Waals surface area contributed by atoms with E-state index in [4.69, 9.17) is 5.73 Å². The van der Waals surface area contributed by atoms with Gasteiger partial charge in [0.25, 0.3) is 0 Å². The first-order valence-electron chi connectivity index (χ1n) is 6.48. The van der Waals surface area contributed by atoms with E-state index in [0.717, 1.165) is 11.3 Å². The minimum atomic E-state index is -2.87. The van der Waals surface area contributed by atoms with Gasteiger partial charge in [0.05, 0.1) is 11.5 Å². The largest absolute Gasteiger partial charge is 0.329 e. The Balaban J connectivity index is 2.15. The van der Waals surface area contributed by atoms with Crippen molar-refractivity contribution in [1.82, 2.24) is 9.88 Å². The third-order valence-electron chi connectivity index (χ3n) is 3.82. The highest BCUT2D eigenvalue weighted by Gasteiger charge is 2.33. The van der Waals surface area contributed by atoms with E-state index in [1.54, 1.807) is 0 Å². The Morgan fingerprint density at radius 3 is 2.74 bits per heavy atom. The van der Waals surface area contributed by atoms with Crippen molar-refractivity contribution in [2.24, 2.45) is 5.73 Å². The SMILES string of the molecule is Cc1ccc(C(CN)N(C)C2CCS(=O)(=O)C2)cn1. The number of sulfone groups is 1. The number of hydrogen-bond acceptors (Lipinski definition) is 5. The van der Waals surface area contributed by atoms with Crippen LogP contribution in [-0.2, 0) is 9.84 Å². The molecule has 6 heteroatoms. The predicted octanol–water partition coefficient (Wildman–Crippen LogP) is 0.509. The minimum absolute atomic E-state index is 0.0198. The Morgan fingerprint density at radius 1 is 1.53 bits per heavy atom. The van der Waals surface area contributed by atoms with E-state index in [1.807, 2.05) is 32.3 Å². The first-order chi connectivity index (χ1) is 8.93. The van der Waals surface area contributed by atoms with Gasteiger partial charge in [-0.3, -0.25) is 9.88 Å². The van der Waals surface area contributed by atoms with Crippen molar-refractivity contribution in [3.63, 3.8) is 0 Å². The Labute approximate surface area is 114 Å². The van der Waals surface area contributed by atoms with Gasteiger partial charge in [0.15, 0.2) is 9.84 Å². The summed E-state index contributed by atoms with van der Waals surface area (Å²) < 4.78 is 23.1. The van der Waals surface area contributed by atoms with Gasteiger partial charge in [-0.05, 0) is 32.0 Å². The highest BCUT2D eigenvalue weighted by atomic mass is 32.2. The molecule has 1 aliphatic heterocycles. The molecular weight excluding hydrogens is 262 g/mol. The van der Waals surface area contributed by atoms with Crippen LogP contribution in [0.25, 0.3) is 0 Å². The molecule has 2 unspecified atom stereocenters. The number of likely N-dealkylation sites (N-methyl/N-ethyl adjacent to an activating group) is 1. The fourth-order valence-electron chi connectivity index (χ4n) is 2.56. The maximum Gasteiger partial charge on any atom is 0.151 e. The monoisotopic (exact) mass is 283 g/mol. The van der Waals surface area contributed by atoms with Gasteiger partial charge in [-0.15, -0.1) is 0 Å². The lowest BCUT2D eigenvalue weighted by molar-refractivity contribution is 0.192. The number of hydrogen-bond donors (Lipinski definition) is 1. The number of aromatic nitrogens is 1. The maximum atomic E-state index is 11.6. The van der Waals surface area contributed by atoms with Gasteiger partial charge in [0.2, 0.25) is 0 Å². The van der Waals surface area contributed by atoms with Gasteiger partial charge in [-0.1, -0.05) is 6.07 Å². The van der Waals surface area contributed by atoms with Crippen LogP contribution in [0.5, 0.6) is 0 Å². The molecule has 1 aromatic heterocycles. The van der Waals surface area contributed by atoms with Gasteiger partial charge in [-0.2, -0.15) is 0 Å². The third kappa shape index (κ3) is 3.32. The fourth-order valence-corrected chi connectivity index (χ4v) is 4.35. The molecular formula is C13H21N3O2S. The molecule has 0 spiro atoms. The van der Waals surface area contributed by atoms with E-state index in [2.05, 4.69) is 9.88 Å². The molecule has 1 fully saturated rings. The molecule has 2 atom stereocenters. The lowest BCUT2D eigenvalue weighted by atomic mass is 10.1. The molecule has 2 heterocycles. The summed E-state index contributed by atoms with van der Waals surface area (Å²) in [6.45, 7) is 2.40. The van der Waals surface area contributed by atoms with Crippen molar-refractivity contribution in [2.45, 2.75) is 25.4 Å². The van der Waals surface area contributed by atoms with E-state index < -0.39 is 9.84 Å². The fraction of sp³-hybridized carbons (Fsp3) is 0.615. The van der Waals surface area contributed by atoms with E-state index in [1.165, 1.54) is 0 Å². The maximum absolute atomic E-state index is 11.6. The first-order valence-corrected chi connectivity index (χ1v) is 8.30. The third-order valence-corrected chi connectivity index (χ3v) is 5.57. The van der Waals surface area contributed by atoms with Crippen LogP contribution in [0.3, 0.4) is 0 Å².